The highest BCUT2D eigenvalue weighted by atomic mass is 35.5. The average Bonchev–Trinajstić information content (AvgIpc) is 2.47. The highest BCUT2D eigenvalue weighted by Crippen LogP contribution is 2.06. The zero-order valence-electron chi connectivity index (χ0n) is 11.2. The lowest BCUT2D eigenvalue weighted by Crippen LogP contribution is -2.22. The molecule has 0 aliphatic rings. The maximum atomic E-state index is 11.7. The number of nitrogens with one attached hydrogen (secondary N) is 2. The molecule has 0 saturated carbocycles. The van der Waals surface area contributed by atoms with Gasteiger partial charge in [-0.15, -0.1) is 0 Å². The van der Waals surface area contributed by atoms with Gasteiger partial charge in [-0.05, 0) is 18.6 Å². The first-order valence-corrected chi connectivity index (χ1v) is 6.58. The van der Waals surface area contributed by atoms with E-state index in [0.29, 0.717) is 11.7 Å². The van der Waals surface area contributed by atoms with Crippen molar-refractivity contribution < 1.29 is 9.53 Å². The van der Waals surface area contributed by atoms with Gasteiger partial charge in [0.1, 0.15) is 10.7 Å². The molecular weight excluding hydrogens is 296 g/mol. The SMILES string of the molecule is CCOC(=O)c1cnc(NCc2ccc(Cl)nc2)[nH]c1=O. The van der Waals surface area contributed by atoms with E-state index in [1.807, 2.05) is 0 Å². The maximum Gasteiger partial charge on any atom is 0.345 e. The Labute approximate surface area is 125 Å². The first-order chi connectivity index (χ1) is 10.1. The molecule has 0 aliphatic carbocycles. The first-order valence-electron chi connectivity index (χ1n) is 6.21. The second kappa shape index (κ2) is 6.85. The van der Waals surface area contributed by atoms with Gasteiger partial charge in [0.2, 0.25) is 5.95 Å². The van der Waals surface area contributed by atoms with Crippen molar-refractivity contribution in [2.45, 2.75) is 13.5 Å². The van der Waals surface area contributed by atoms with Crippen LogP contribution in [0.1, 0.15) is 22.8 Å². The Morgan fingerprint density at radius 2 is 2.19 bits per heavy atom. The molecule has 0 unspecified atom stereocenters. The Morgan fingerprint density at radius 1 is 1.38 bits per heavy atom. The molecule has 0 spiro atoms. The van der Waals surface area contributed by atoms with Gasteiger partial charge in [0, 0.05) is 12.7 Å². The van der Waals surface area contributed by atoms with E-state index >= 15 is 0 Å². The van der Waals surface area contributed by atoms with Crippen LogP contribution in [0, 0.1) is 0 Å². The standard InChI is InChI=1S/C13H13ClN4O3/c1-2-21-12(20)9-7-17-13(18-11(9)19)16-6-8-3-4-10(14)15-5-8/h3-5,7H,2,6H2,1H3,(H2,16,17,18,19). The third-order valence-corrected chi connectivity index (χ3v) is 2.77. The van der Waals surface area contributed by atoms with Crippen LogP contribution in [0.25, 0.3) is 0 Å². The number of halogens is 1. The number of hydrogen-bond acceptors (Lipinski definition) is 6. The predicted molar refractivity (Wildman–Crippen MR) is 77.4 cm³/mol. The van der Waals surface area contributed by atoms with Gasteiger partial charge in [0.05, 0.1) is 12.8 Å². The van der Waals surface area contributed by atoms with Gasteiger partial charge in [-0.25, -0.2) is 14.8 Å². The Kier molecular flexibility index (Phi) is 4.89. The van der Waals surface area contributed by atoms with E-state index in [4.69, 9.17) is 16.3 Å². The van der Waals surface area contributed by atoms with E-state index in [1.54, 1.807) is 25.3 Å². The van der Waals surface area contributed by atoms with E-state index in [9.17, 15) is 9.59 Å². The molecule has 0 aliphatic heterocycles. The van der Waals surface area contributed by atoms with E-state index < -0.39 is 11.5 Å². The minimum Gasteiger partial charge on any atom is -0.462 e. The van der Waals surface area contributed by atoms with Crippen molar-refractivity contribution >= 4 is 23.5 Å². The van der Waals surface area contributed by atoms with Crippen molar-refractivity contribution in [2.75, 3.05) is 11.9 Å². The molecule has 2 rings (SSSR count). The van der Waals surface area contributed by atoms with Crippen LogP contribution in [0.5, 0.6) is 0 Å². The molecule has 0 fully saturated rings. The molecule has 0 radical (unpaired) electrons. The second-order valence-electron chi connectivity index (χ2n) is 4.04. The first kappa shape index (κ1) is 15.0. The van der Waals surface area contributed by atoms with Gasteiger partial charge >= 0.3 is 5.97 Å². The van der Waals surface area contributed by atoms with E-state index in [0.717, 1.165) is 5.56 Å². The molecule has 2 heterocycles. The molecule has 0 saturated heterocycles. The number of rotatable bonds is 5. The van der Waals surface area contributed by atoms with Crippen LogP contribution in [0.4, 0.5) is 5.95 Å². The summed E-state index contributed by atoms with van der Waals surface area (Å²) in [5, 5.41) is 3.32. The fourth-order valence-electron chi connectivity index (χ4n) is 1.54. The number of H-pyrrole nitrogens is 1. The Hall–Kier alpha value is -2.41. The van der Waals surface area contributed by atoms with Crippen LogP contribution < -0.4 is 10.9 Å². The number of esters is 1. The van der Waals surface area contributed by atoms with Crippen molar-refractivity contribution in [1.82, 2.24) is 15.0 Å². The van der Waals surface area contributed by atoms with Gasteiger partial charge < -0.3 is 10.1 Å². The average molecular weight is 309 g/mol. The summed E-state index contributed by atoms with van der Waals surface area (Å²) in [5.74, 6) is -0.442. The van der Waals surface area contributed by atoms with Crippen LogP contribution in [0.3, 0.4) is 0 Å². The number of anilines is 1. The van der Waals surface area contributed by atoms with Crippen LogP contribution in [0.15, 0.2) is 29.3 Å². The van der Waals surface area contributed by atoms with Crippen molar-refractivity contribution in [3.8, 4) is 0 Å². The molecule has 8 heteroatoms. The van der Waals surface area contributed by atoms with Gasteiger partial charge in [-0.2, -0.15) is 0 Å². The quantitative estimate of drug-likeness (QED) is 0.643. The number of aromatic amines is 1. The molecule has 0 aromatic carbocycles. The number of ether oxygens (including phenoxy) is 1. The summed E-state index contributed by atoms with van der Waals surface area (Å²) in [5.41, 5.74) is 0.187. The monoisotopic (exact) mass is 308 g/mol. The molecule has 0 amide bonds. The third-order valence-electron chi connectivity index (χ3n) is 2.54. The summed E-state index contributed by atoms with van der Waals surface area (Å²) in [6.45, 7) is 2.27. The minimum absolute atomic E-state index is 0.129. The zero-order chi connectivity index (χ0) is 15.2. The molecule has 0 atom stereocenters. The molecule has 2 N–H and O–H groups in total. The fraction of sp³-hybridized carbons (Fsp3) is 0.231. The Bertz CT molecular complexity index is 685. The molecule has 0 bridgehead atoms. The van der Waals surface area contributed by atoms with Crippen LogP contribution in [0.2, 0.25) is 5.15 Å². The summed E-state index contributed by atoms with van der Waals surface area (Å²) in [7, 11) is 0. The number of carbonyl (C=O) groups excluding carboxylic acids is 1. The summed E-state index contributed by atoms with van der Waals surface area (Å²) in [6.07, 6.45) is 2.79. The molecule has 110 valence electrons. The highest BCUT2D eigenvalue weighted by Gasteiger charge is 2.12. The van der Waals surface area contributed by atoms with E-state index in [-0.39, 0.29) is 18.1 Å². The topological polar surface area (TPSA) is 97.0 Å². The smallest absolute Gasteiger partial charge is 0.345 e. The van der Waals surface area contributed by atoms with E-state index in [2.05, 4.69) is 20.3 Å². The Morgan fingerprint density at radius 3 is 2.81 bits per heavy atom. The van der Waals surface area contributed by atoms with Crippen molar-refractivity contribution in [3.05, 3.63) is 51.2 Å². The fourth-order valence-corrected chi connectivity index (χ4v) is 1.65. The number of hydrogen-bond donors (Lipinski definition) is 2. The second-order valence-corrected chi connectivity index (χ2v) is 4.43. The summed E-state index contributed by atoms with van der Waals surface area (Å²) in [4.78, 5) is 33.6. The molecule has 2 aromatic rings. The summed E-state index contributed by atoms with van der Waals surface area (Å²) in [6, 6.07) is 3.46. The van der Waals surface area contributed by atoms with Gasteiger partial charge in [-0.1, -0.05) is 17.7 Å². The highest BCUT2D eigenvalue weighted by molar-refractivity contribution is 6.29. The predicted octanol–water partition coefficient (Wildman–Crippen LogP) is 1.61. The number of nitrogens with zero attached hydrogens (tertiary/aromatic N) is 2. The van der Waals surface area contributed by atoms with Crippen LogP contribution in [-0.2, 0) is 11.3 Å². The lowest BCUT2D eigenvalue weighted by atomic mass is 10.3. The van der Waals surface area contributed by atoms with Gasteiger partial charge in [0.25, 0.3) is 5.56 Å². The molecule has 2 aromatic heterocycles. The maximum absolute atomic E-state index is 11.7. The largest absolute Gasteiger partial charge is 0.462 e. The molecular formula is C13H13ClN4O3. The lowest BCUT2D eigenvalue weighted by Gasteiger charge is -2.06. The molecule has 7 nitrogen and oxygen atoms in total. The summed E-state index contributed by atoms with van der Waals surface area (Å²) >= 11 is 5.69. The van der Waals surface area contributed by atoms with Crippen molar-refractivity contribution in [3.63, 3.8) is 0 Å². The lowest BCUT2D eigenvalue weighted by molar-refractivity contribution is 0.0524. The van der Waals surface area contributed by atoms with Crippen LogP contribution >= 0.6 is 11.6 Å². The number of carbonyl (C=O) groups is 1. The third kappa shape index (κ3) is 4.03. The number of aromatic nitrogens is 3. The summed E-state index contributed by atoms with van der Waals surface area (Å²) < 4.78 is 4.75. The van der Waals surface area contributed by atoms with E-state index in [1.165, 1.54) is 6.20 Å². The van der Waals surface area contributed by atoms with Crippen LogP contribution in [-0.4, -0.2) is 27.5 Å². The van der Waals surface area contributed by atoms with Gasteiger partial charge in [-0.3, -0.25) is 9.78 Å². The van der Waals surface area contributed by atoms with Crippen molar-refractivity contribution in [2.24, 2.45) is 0 Å². The molecule has 21 heavy (non-hydrogen) atoms. The number of pyridine rings is 1. The van der Waals surface area contributed by atoms with Crippen molar-refractivity contribution in [1.29, 1.82) is 0 Å². The normalized spacial score (nSPS) is 10.2. The Balaban J connectivity index is 2.05. The zero-order valence-corrected chi connectivity index (χ0v) is 12.0. The van der Waals surface area contributed by atoms with Gasteiger partial charge in [0.15, 0.2) is 0 Å². The minimum atomic E-state index is -0.695.